The molecule has 1 aromatic heterocycles. The zero-order valence-electron chi connectivity index (χ0n) is 7.24. The summed E-state index contributed by atoms with van der Waals surface area (Å²) in [5.74, 6) is 0. The first-order valence-corrected chi connectivity index (χ1v) is 3.79. The maximum atomic E-state index is 5.38. The molecule has 3 nitrogen and oxygen atoms in total. The molecule has 0 radical (unpaired) electrons. The molecular weight excluding hydrogens is 152 g/mol. The van der Waals surface area contributed by atoms with E-state index < -0.39 is 0 Å². The van der Waals surface area contributed by atoms with Crippen LogP contribution >= 0.6 is 0 Å². The summed E-state index contributed by atoms with van der Waals surface area (Å²) < 4.78 is 5.14. The van der Waals surface area contributed by atoms with E-state index in [0.29, 0.717) is 5.42 Å². The van der Waals surface area contributed by atoms with E-state index >= 15 is 0 Å². The Morgan fingerprint density at radius 2 is 2.17 bits per heavy atom. The fraction of sp³-hybridized carbons (Fsp3) is 0.222. The van der Waals surface area contributed by atoms with Gasteiger partial charge in [0, 0.05) is 0 Å². The van der Waals surface area contributed by atoms with Gasteiger partial charge in [0.1, 0.15) is 5.35 Å². The van der Waals surface area contributed by atoms with Crippen molar-refractivity contribution in [1.82, 2.24) is 4.98 Å². The number of nitrogen functional groups attached to an aromatic ring is 1. The predicted molar refractivity (Wildman–Crippen MR) is 49.6 cm³/mol. The summed E-state index contributed by atoms with van der Waals surface area (Å²) >= 11 is 0. The lowest BCUT2D eigenvalue weighted by Gasteiger charge is -1.73. The molecule has 12 heavy (non-hydrogen) atoms. The third-order valence-corrected chi connectivity index (χ3v) is 1.41. The first-order valence-electron chi connectivity index (χ1n) is 3.79. The minimum atomic E-state index is 0.207. The van der Waals surface area contributed by atoms with Crippen molar-refractivity contribution in [3.05, 3.63) is 22.9 Å². The van der Waals surface area contributed by atoms with Gasteiger partial charge in [0.25, 0.3) is 6.01 Å². The Morgan fingerprint density at radius 1 is 1.42 bits per heavy atom. The molecule has 0 saturated heterocycles. The summed E-state index contributed by atoms with van der Waals surface area (Å²) in [6, 6.07) is 0.207. The molecule has 0 fully saturated rings. The quantitative estimate of drug-likeness (QED) is 0.654. The monoisotopic (exact) mass is 164 g/mol. The Bertz CT molecular complexity index is 387. The van der Waals surface area contributed by atoms with Crippen molar-refractivity contribution in [2.24, 2.45) is 0 Å². The number of nitrogens with two attached hydrogens (primary N) is 1. The van der Waals surface area contributed by atoms with Crippen LogP contribution in [0.5, 0.6) is 0 Å². The van der Waals surface area contributed by atoms with Crippen molar-refractivity contribution in [3.63, 3.8) is 0 Å². The van der Waals surface area contributed by atoms with Gasteiger partial charge in [-0.25, -0.2) is 0 Å². The van der Waals surface area contributed by atoms with E-state index in [0.717, 1.165) is 5.35 Å². The molecule has 64 valence electrons. The van der Waals surface area contributed by atoms with Crippen molar-refractivity contribution < 1.29 is 4.42 Å². The number of rotatable bonds is 1. The van der Waals surface area contributed by atoms with Crippen LogP contribution in [-0.2, 0) is 0 Å². The number of aromatic nitrogens is 1. The summed E-state index contributed by atoms with van der Waals surface area (Å²) in [6.07, 6.45) is 7.49. The fourth-order valence-corrected chi connectivity index (χ4v) is 0.871. The van der Waals surface area contributed by atoms with Gasteiger partial charge in [-0.15, -0.1) is 0 Å². The predicted octanol–water partition coefficient (Wildman–Crippen LogP) is 0.414. The lowest BCUT2D eigenvalue weighted by atomic mass is 10.4. The number of nitrogens with zero attached hydrogens (tertiary/aromatic N) is 1. The normalized spacial score (nSPS) is 14.8. The maximum absolute atomic E-state index is 5.38. The average molecular weight is 164 g/mol. The highest BCUT2D eigenvalue weighted by molar-refractivity contribution is 5.35. The number of anilines is 1. The van der Waals surface area contributed by atoms with Gasteiger partial charge in [-0.2, -0.15) is 4.98 Å². The first-order chi connectivity index (χ1) is 5.77. The lowest BCUT2D eigenvalue weighted by molar-refractivity contribution is 0.546. The van der Waals surface area contributed by atoms with Gasteiger partial charge in [0.2, 0.25) is 0 Å². The van der Waals surface area contributed by atoms with Gasteiger partial charge in [0.05, 0.1) is 0 Å². The van der Waals surface area contributed by atoms with E-state index in [-0.39, 0.29) is 6.01 Å². The second-order valence-corrected chi connectivity index (χ2v) is 2.28. The molecule has 3 heteroatoms. The van der Waals surface area contributed by atoms with Crippen molar-refractivity contribution >= 4 is 18.2 Å². The highest BCUT2D eigenvalue weighted by atomic mass is 16.4. The van der Waals surface area contributed by atoms with Crippen molar-refractivity contribution in [2.75, 3.05) is 5.73 Å². The van der Waals surface area contributed by atoms with Crippen LogP contribution in [0.4, 0.5) is 6.01 Å². The fourth-order valence-electron chi connectivity index (χ4n) is 0.871. The van der Waals surface area contributed by atoms with Crippen LogP contribution in [0.15, 0.2) is 16.6 Å². The highest BCUT2D eigenvalue weighted by Gasteiger charge is 1.92. The first kappa shape index (κ1) is 8.59. The third kappa shape index (κ3) is 1.75. The van der Waals surface area contributed by atoms with Crippen molar-refractivity contribution in [3.8, 4) is 0 Å². The minimum Gasteiger partial charge on any atom is -0.424 e. The molecule has 0 aromatic carbocycles. The van der Waals surface area contributed by atoms with Crippen LogP contribution in [0.1, 0.15) is 13.8 Å². The molecular formula is C9H12N2O. The molecule has 1 aromatic rings. The summed E-state index contributed by atoms with van der Waals surface area (Å²) in [7, 11) is 0. The number of hydrogen-bond donors (Lipinski definition) is 1. The Balaban J connectivity index is 3.32. The zero-order valence-corrected chi connectivity index (χ0v) is 7.24. The van der Waals surface area contributed by atoms with E-state index in [9.17, 15) is 0 Å². The van der Waals surface area contributed by atoms with Crippen molar-refractivity contribution in [2.45, 2.75) is 13.8 Å². The molecule has 0 amide bonds. The summed E-state index contributed by atoms with van der Waals surface area (Å²) in [6.45, 7) is 3.83. The van der Waals surface area contributed by atoms with Gasteiger partial charge in [-0.05, 0) is 19.9 Å². The van der Waals surface area contributed by atoms with Crippen LogP contribution in [-0.4, -0.2) is 4.98 Å². The van der Waals surface area contributed by atoms with Gasteiger partial charge in [-0.3, -0.25) is 0 Å². The van der Waals surface area contributed by atoms with E-state index in [1.54, 1.807) is 0 Å². The van der Waals surface area contributed by atoms with Crippen LogP contribution in [0, 0.1) is 0 Å². The molecule has 0 atom stereocenters. The summed E-state index contributed by atoms with van der Waals surface area (Å²) in [4.78, 5) is 3.97. The van der Waals surface area contributed by atoms with E-state index in [1.165, 1.54) is 0 Å². The zero-order chi connectivity index (χ0) is 8.97. The smallest absolute Gasteiger partial charge is 0.292 e. The number of allylic oxidation sites excluding steroid dienone is 2. The van der Waals surface area contributed by atoms with Crippen molar-refractivity contribution in [1.29, 1.82) is 0 Å². The number of hydrogen-bond acceptors (Lipinski definition) is 3. The molecule has 0 saturated carbocycles. The SMILES string of the molecule is C\C=C/C=c1/oc(N)n/c1=C/C. The molecule has 0 aliphatic heterocycles. The Morgan fingerprint density at radius 3 is 2.75 bits per heavy atom. The molecule has 1 rings (SSSR count). The van der Waals surface area contributed by atoms with Gasteiger partial charge in [-0.1, -0.05) is 18.2 Å². The molecule has 0 unspecified atom stereocenters. The van der Waals surface area contributed by atoms with Crippen LogP contribution in [0.25, 0.3) is 12.2 Å². The van der Waals surface area contributed by atoms with Crippen LogP contribution in [0.3, 0.4) is 0 Å². The van der Waals surface area contributed by atoms with E-state index in [2.05, 4.69) is 4.98 Å². The topological polar surface area (TPSA) is 52.0 Å². The molecule has 2 N–H and O–H groups in total. The molecule has 1 heterocycles. The van der Waals surface area contributed by atoms with Gasteiger partial charge < -0.3 is 10.2 Å². The Hall–Kier alpha value is -1.51. The Kier molecular flexibility index (Phi) is 2.69. The molecule has 0 aliphatic rings. The molecule has 0 spiro atoms. The summed E-state index contributed by atoms with van der Waals surface area (Å²) in [5, 5.41) is 0.783. The third-order valence-electron chi connectivity index (χ3n) is 1.41. The second-order valence-electron chi connectivity index (χ2n) is 2.28. The second kappa shape index (κ2) is 3.76. The van der Waals surface area contributed by atoms with Crippen LogP contribution < -0.4 is 16.5 Å². The Labute approximate surface area is 70.9 Å². The van der Waals surface area contributed by atoms with Gasteiger partial charge >= 0.3 is 0 Å². The van der Waals surface area contributed by atoms with E-state index in [4.69, 9.17) is 10.2 Å². The average Bonchev–Trinajstić information content (AvgIpc) is 2.42. The number of oxazole rings is 1. The largest absolute Gasteiger partial charge is 0.424 e. The standard InChI is InChI=1S/C9H12N2O/c1-3-5-6-8-7(4-2)11-9(10)12-8/h3-6H,1-2H3,(H2,10,11)/b5-3-,7-4+,8-6+. The van der Waals surface area contributed by atoms with Gasteiger partial charge in [0.15, 0.2) is 5.42 Å². The van der Waals surface area contributed by atoms with Crippen LogP contribution in [0.2, 0.25) is 0 Å². The molecule has 0 bridgehead atoms. The lowest BCUT2D eigenvalue weighted by Crippen LogP contribution is -2.20. The summed E-state index contributed by atoms with van der Waals surface area (Å²) in [5.41, 5.74) is 6.09. The van der Waals surface area contributed by atoms with E-state index in [1.807, 2.05) is 38.2 Å². The minimum absolute atomic E-state index is 0.207. The maximum Gasteiger partial charge on any atom is 0.292 e. The molecule has 0 aliphatic carbocycles. The highest BCUT2D eigenvalue weighted by Crippen LogP contribution is 1.83.